The number of benzene rings is 2. The standard InChI is InChI=1S/C21H22N4O/c1-15-19(16-7-3-2-4-8-16)12-25(23-15)14-21(26)24-11-17-9-5-6-10-18(17)20(22)13-24/h2-10,12,20H,11,13-14,22H2,1H3. The number of carbonyl (C=O) groups is 1. The van der Waals surface area contributed by atoms with E-state index in [0.29, 0.717) is 13.1 Å². The summed E-state index contributed by atoms with van der Waals surface area (Å²) in [6.07, 6.45) is 1.94. The first-order valence-corrected chi connectivity index (χ1v) is 8.82. The van der Waals surface area contributed by atoms with Crippen LogP contribution in [0.4, 0.5) is 0 Å². The van der Waals surface area contributed by atoms with Gasteiger partial charge in [0.25, 0.3) is 0 Å². The molecule has 0 aliphatic carbocycles. The lowest BCUT2D eigenvalue weighted by atomic mass is 9.96. The maximum atomic E-state index is 12.8. The van der Waals surface area contributed by atoms with E-state index >= 15 is 0 Å². The van der Waals surface area contributed by atoms with Gasteiger partial charge in [-0.3, -0.25) is 9.48 Å². The Morgan fingerprint density at radius 3 is 2.69 bits per heavy atom. The zero-order chi connectivity index (χ0) is 18.1. The van der Waals surface area contributed by atoms with E-state index in [2.05, 4.69) is 17.2 Å². The molecule has 1 unspecified atom stereocenters. The highest BCUT2D eigenvalue weighted by molar-refractivity contribution is 5.77. The Kier molecular flexibility index (Phi) is 4.31. The lowest BCUT2D eigenvalue weighted by Crippen LogP contribution is -2.42. The van der Waals surface area contributed by atoms with E-state index < -0.39 is 0 Å². The summed E-state index contributed by atoms with van der Waals surface area (Å²) in [5.41, 5.74) is 11.6. The van der Waals surface area contributed by atoms with Crippen molar-refractivity contribution in [1.82, 2.24) is 14.7 Å². The Morgan fingerprint density at radius 2 is 1.88 bits per heavy atom. The van der Waals surface area contributed by atoms with Crippen LogP contribution in [-0.2, 0) is 17.9 Å². The number of rotatable bonds is 3. The molecule has 0 spiro atoms. The summed E-state index contributed by atoms with van der Waals surface area (Å²) in [7, 11) is 0. The summed E-state index contributed by atoms with van der Waals surface area (Å²) in [5.74, 6) is 0.0389. The molecule has 0 saturated heterocycles. The van der Waals surface area contributed by atoms with Crippen molar-refractivity contribution in [3.05, 3.63) is 77.6 Å². The Hall–Kier alpha value is -2.92. The van der Waals surface area contributed by atoms with Gasteiger partial charge in [0.2, 0.25) is 5.91 Å². The van der Waals surface area contributed by atoms with Crippen molar-refractivity contribution in [2.45, 2.75) is 26.1 Å². The van der Waals surface area contributed by atoms with Crippen molar-refractivity contribution in [2.24, 2.45) is 5.73 Å². The van der Waals surface area contributed by atoms with E-state index in [0.717, 1.165) is 27.9 Å². The molecule has 0 saturated carbocycles. The summed E-state index contributed by atoms with van der Waals surface area (Å²) in [4.78, 5) is 14.6. The predicted molar refractivity (Wildman–Crippen MR) is 101 cm³/mol. The van der Waals surface area contributed by atoms with Gasteiger partial charge in [0.15, 0.2) is 0 Å². The van der Waals surface area contributed by atoms with Crippen molar-refractivity contribution in [3.8, 4) is 11.1 Å². The summed E-state index contributed by atoms with van der Waals surface area (Å²) in [6.45, 7) is 3.34. The summed E-state index contributed by atoms with van der Waals surface area (Å²) >= 11 is 0. The number of nitrogens with zero attached hydrogens (tertiary/aromatic N) is 3. The molecule has 1 aliphatic rings. The summed E-state index contributed by atoms with van der Waals surface area (Å²) in [5, 5.41) is 4.52. The number of carbonyl (C=O) groups excluding carboxylic acids is 1. The summed E-state index contributed by atoms with van der Waals surface area (Å²) in [6, 6.07) is 18.0. The molecule has 5 nitrogen and oxygen atoms in total. The van der Waals surface area contributed by atoms with Crippen LogP contribution in [0, 0.1) is 6.92 Å². The molecular weight excluding hydrogens is 324 g/mol. The number of nitrogens with two attached hydrogens (primary N) is 1. The number of amides is 1. The number of fused-ring (bicyclic) bond motifs is 1. The molecule has 0 bridgehead atoms. The van der Waals surface area contributed by atoms with Gasteiger partial charge in [-0.1, -0.05) is 54.6 Å². The van der Waals surface area contributed by atoms with Crippen LogP contribution in [0.2, 0.25) is 0 Å². The van der Waals surface area contributed by atoms with Gasteiger partial charge in [-0.15, -0.1) is 0 Å². The second-order valence-electron chi connectivity index (χ2n) is 6.77. The molecule has 1 aromatic heterocycles. The fourth-order valence-corrected chi connectivity index (χ4v) is 3.57. The lowest BCUT2D eigenvalue weighted by Gasteiger charge is -2.32. The van der Waals surface area contributed by atoms with E-state index in [-0.39, 0.29) is 18.5 Å². The first-order valence-electron chi connectivity index (χ1n) is 8.82. The average Bonchev–Trinajstić information content (AvgIpc) is 3.02. The van der Waals surface area contributed by atoms with Gasteiger partial charge in [0.05, 0.1) is 5.69 Å². The van der Waals surface area contributed by atoms with Crippen molar-refractivity contribution >= 4 is 5.91 Å². The van der Waals surface area contributed by atoms with Gasteiger partial charge < -0.3 is 10.6 Å². The maximum absolute atomic E-state index is 12.8. The molecule has 1 atom stereocenters. The zero-order valence-corrected chi connectivity index (χ0v) is 14.8. The Morgan fingerprint density at radius 1 is 1.15 bits per heavy atom. The third kappa shape index (κ3) is 3.13. The molecule has 4 rings (SSSR count). The number of aromatic nitrogens is 2. The predicted octanol–water partition coefficient (Wildman–Crippen LogP) is 2.90. The molecule has 2 N–H and O–H groups in total. The van der Waals surface area contributed by atoms with Gasteiger partial charge in [0.1, 0.15) is 6.54 Å². The van der Waals surface area contributed by atoms with Crippen LogP contribution in [-0.4, -0.2) is 27.1 Å². The van der Waals surface area contributed by atoms with E-state index in [1.54, 1.807) is 4.68 Å². The average molecular weight is 346 g/mol. The molecule has 5 heteroatoms. The first-order chi connectivity index (χ1) is 12.6. The van der Waals surface area contributed by atoms with Gasteiger partial charge in [0, 0.05) is 30.9 Å². The topological polar surface area (TPSA) is 64.2 Å². The molecule has 2 aromatic carbocycles. The molecule has 132 valence electrons. The van der Waals surface area contributed by atoms with Crippen LogP contribution in [0.25, 0.3) is 11.1 Å². The molecule has 0 radical (unpaired) electrons. The Bertz CT molecular complexity index is 932. The smallest absolute Gasteiger partial charge is 0.244 e. The van der Waals surface area contributed by atoms with E-state index in [1.165, 1.54) is 0 Å². The third-order valence-electron chi connectivity index (χ3n) is 4.91. The minimum Gasteiger partial charge on any atom is -0.335 e. The maximum Gasteiger partial charge on any atom is 0.244 e. The quantitative estimate of drug-likeness (QED) is 0.793. The largest absolute Gasteiger partial charge is 0.335 e. The fraction of sp³-hybridized carbons (Fsp3) is 0.238. The van der Waals surface area contributed by atoms with Crippen LogP contribution in [0.5, 0.6) is 0 Å². The van der Waals surface area contributed by atoms with Crippen LogP contribution >= 0.6 is 0 Å². The van der Waals surface area contributed by atoms with Crippen LogP contribution in [0.15, 0.2) is 60.8 Å². The zero-order valence-electron chi connectivity index (χ0n) is 14.8. The molecular formula is C21H22N4O. The molecule has 3 aromatic rings. The summed E-state index contributed by atoms with van der Waals surface area (Å²) < 4.78 is 1.73. The molecule has 26 heavy (non-hydrogen) atoms. The Labute approximate surface area is 153 Å². The van der Waals surface area contributed by atoms with Crippen molar-refractivity contribution in [3.63, 3.8) is 0 Å². The number of aryl methyl sites for hydroxylation is 1. The molecule has 1 amide bonds. The second kappa shape index (κ2) is 6.77. The molecule has 2 heterocycles. The highest BCUT2D eigenvalue weighted by atomic mass is 16.2. The third-order valence-corrected chi connectivity index (χ3v) is 4.91. The van der Waals surface area contributed by atoms with Crippen molar-refractivity contribution < 1.29 is 4.79 Å². The number of hydrogen-bond donors (Lipinski definition) is 1. The Balaban J connectivity index is 1.51. The molecule has 0 fully saturated rings. The lowest BCUT2D eigenvalue weighted by molar-refractivity contribution is -0.133. The van der Waals surface area contributed by atoms with Crippen LogP contribution < -0.4 is 5.73 Å². The first kappa shape index (κ1) is 16.5. The minimum absolute atomic E-state index is 0.0389. The van der Waals surface area contributed by atoms with Crippen LogP contribution in [0.3, 0.4) is 0 Å². The second-order valence-corrected chi connectivity index (χ2v) is 6.77. The van der Waals surface area contributed by atoms with Gasteiger partial charge in [-0.05, 0) is 23.6 Å². The normalized spacial score (nSPS) is 16.4. The van der Waals surface area contributed by atoms with E-state index in [9.17, 15) is 4.79 Å². The highest BCUT2D eigenvalue weighted by Gasteiger charge is 2.26. The van der Waals surface area contributed by atoms with Crippen molar-refractivity contribution in [1.29, 1.82) is 0 Å². The van der Waals surface area contributed by atoms with Gasteiger partial charge in [-0.25, -0.2) is 0 Å². The van der Waals surface area contributed by atoms with Crippen LogP contribution in [0.1, 0.15) is 22.9 Å². The number of hydrogen-bond acceptors (Lipinski definition) is 3. The fourth-order valence-electron chi connectivity index (χ4n) is 3.57. The monoisotopic (exact) mass is 346 g/mol. The van der Waals surface area contributed by atoms with E-state index in [1.807, 2.05) is 60.5 Å². The SMILES string of the molecule is Cc1nn(CC(=O)N2Cc3ccccc3C(N)C2)cc1-c1ccccc1. The minimum atomic E-state index is -0.136. The molecule has 1 aliphatic heterocycles. The van der Waals surface area contributed by atoms with Gasteiger partial charge >= 0.3 is 0 Å². The van der Waals surface area contributed by atoms with E-state index in [4.69, 9.17) is 5.73 Å². The van der Waals surface area contributed by atoms with Gasteiger partial charge in [-0.2, -0.15) is 5.10 Å². The highest BCUT2D eigenvalue weighted by Crippen LogP contribution is 2.25. The van der Waals surface area contributed by atoms with Crippen molar-refractivity contribution in [2.75, 3.05) is 6.54 Å².